The zero-order valence-corrected chi connectivity index (χ0v) is 14.3. The number of amides is 1. The Hall–Kier alpha value is -1.56. The minimum Gasteiger partial charge on any atom is -0.477 e. The number of thiophene rings is 1. The molecular formula is C16H23NO4S. The summed E-state index contributed by atoms with van der Waals surface area (Å²) in [4.78, 5) is 26.5. The van der Waals surface area contributed by atoms with Gasteiger partial charge in [-0.1, -0.05) is 6.92 Å². The summed E-state index contributed by atoms with van der Waals surface area (Å²) in [5, 5.41) is 9.07. The van der Waals surface area contributed by atoms with E-state index in [0.717, 1.165) is 17.7 Å². The number of carbonyl (C=O) groups excluding carboxylic acids is 1. The monoisotopic (exact) mass is 325 g/mol. The van der Waals surface area contributed by atoms with Gasteiger partial charge in [0, 0.05) is 11.4 Å². The first-order valence-corrected chi connectivity index (χ1v) is 8.31. The summed E-state index contributed by atoms with van der Waals surface area (Å²) in [7, 11) is 0. The van der Waals surface area contributed by atoms with Crippen molar-refractivity contribution in [1.82, 2.24) is 4.90 Å². The van der Waals surface area contributed by atoms with Crippen molar-refractivity contribution in [2.45, 2.75) is 52.2 Å². The molecule has 1 N–H and O–H groups in total. The predicted molar refractivity (Wildman–Crippen MR) is 85.4 cm³/mol. The van der Waals surface area contributed by atoms with Crippen LogP contribution in [0.5, 0.6) is 0 Å². The van der Waals surface area contributed by atoms with Crippen LogP contribution < -0.4 is 0 Å². The van der Waals surface area contributed by atoms with Crippen molar-refractivity contribution in [1.29, 1.82) is 0 Å². The molecule has 2 atom stereocenters. The maximum absolute atomic E-state index is 12.5. The molecule has 0 spiro atoms. The number of aromatic carboxylic acids is 1. The van der Waals surface area contributed by atoms with Crippen molar-refractivity contribution in [3.8, 4) is 0 Å². The van der Waals surface area contributed by atoms with Crippen LogP contribution >= 0.6 is 11.3 Å². The molecule has 0 unspecified atom stereocenters. The van der Waals surface area contributed by atoms with Crippen LogP contribution in [0.1, 0.15) is 61.1 Å². The molecule has 2 rings (SSSR count). The summed E-state index contributed by atoms with van der Waals surface area (Å²) in [5.74, 6) is -0.507. The van der Waals surface area contributed by atoms with E-state index in [1.165, 1.54) is 11.3 Å². The highest BCUT2D eigenvalue weighted by Gasteiger charge is 2.34. The molecule has 122 valence electrons. The fourth-order valence-electron chi connectivity index (χ4n) is 2.62. The van der Waals surface area contributed by atoms with Gasteiger partial charge in [-0.25, -0.2) is 9.59 Å². The van der Waals surface area contributed by atoms with Crippen LogP contribution in [-0.2, 0) is 4.74 Å². The summed E-state index contributed by atoms with van der Waals surface area (Å²) < 4.78 is 5.51. The van der Waals surface area contributed by atoms with Crippen molar-refractivity contribution < 1.29 is 19.4 Å². The minimum atomic E-state index is -0.927. The molecular weight excluding hydrogens is 302 g/mol. The molecule has 6 heteroatoms. The van der Waals surface area contributed by atoms with Crippen molar-refractivity contribution in [2.24, 2.45) is 5.92 Å². The lowest BCUT2D eigenvalue weighted by molar-refractivity contribution is 0.00411. The molecule has 0 radical (unpaired) electrons. The van der Waals surface area contributed by atoms with E-state index in [-0.39, 0.29) is 12.1 Å². The molecule has 0 aliphatic carbocycles. The standard InChI is InChI=1S/C16H23NO4S/c1-10-5-6-11(12-7-8-13(22-12)14(18)19)17(9-10)15(20)21-16(2,3)4/h7-8,10-11H,5-6,9H2,1-4H3,(H,18,19)/t10-,11+/m0/s1. The van der Waals surface area contributed by atoms with Crippen LogP contribution in [0.15, 0.2) is 12.1 Å². The van der Waals surface area contributed by atoms with Gasteiger partial charge in [-0.2, -0.15) is 0 Å². The van der Waals surface area contributed by atoms with Gasteiger partial charge in [0.05, 0.1) is 6.04 Å². The number of carbonyl (C=O) groups is 2. The van der Waals surface area contributed by atoms with Gasteiger partial charge < -0.3 is 14.7 Å². The van der Waals surface area contributed by atoms with E-state index < -0.39 is 11.6 Å². The minimum absolute atomic E-state index is 0.0934. The van der Waals surface area contributed by atoms with Crippen molar-refractivity contribution in [2.75, 3.05) is 6.54 Å². The summed E-state index contributed by atoms with van der Waals surface area (Å²) in [6.45, 7) is 8.30. The van der Waals surface area contributed by atoms with Gasteiger partial charge >= 0.3 is 12.1 Å². The number of ether oxygens (including phenoxy) is 1. The Balaban J connectivity index is 2.22. The van der Waals surface area contributed by atoms with Crippen LogP contribution in [0.2, 0.25) is 0 Å². The Bertz CT molecular complexity index is 561. The van der Waals surface area contributed by atoms with Crippen molar-refractivity contribution in [3.63, 3.8) is 0 Å². The summed E-state index contributed by atoms with van der Waals surface area (Å²) in [5.41, 5.74) is -0.538. The molecule has 1 aliphatic rings. The van der Waals surface area contributed by atoms with Crippen LogP contribution in [0.4, 0.5) is 4.79 Å². The average molecular weight is 325 g/mol. The van der Waals surface area contributed by atoms with E-state index in [2.05, 4.69) is 6.92 Å². The number of hydrogen-bond acceptors (Lipinski definition) is 4. The molecule has 1 aromatic rings. The molecule has 0 aromatic carbocycles. The highest BCUT2D eigenvalue weighted by molar-refractivity contribution is 7.14. The molecule has 2 heterocycles. The Labute approximate surface area is 134 Å². The second kappa shape index (κ2) is 6.28. The van der Waals surface area contributed by atoms with Gasteiger partial charge in [0.25, 0.3) is 0 Å². The van der Waals surface area contributed by atoms with E-state index in [0.29, 0.717) is 17.3 Å². The molecule has 1 fully saturated rings. The topological polar surface area (TPSA) is 66.8 Å². The number of nitrogens with zero attached hydrogens (tertiary/aromatic N) is 1. The molecule has 0 saturated carbocycles. The third-order valence-electron chi connectivity index (χ3n) is 3.61. The maximum Gasteiger partial charge on any atom is 0.410 e. The lowest BCUT2D eigenvalue weighted by Crippen LogP contribution is -2.44. The molecule has 0 bridgehead atoms. The van der Waals surface area contributed by atoms with Gasteiger partial charge in [0.1, 0.15) is 10.5 Å². The lowest BCUT2D eigenvalue weighted by Gasteiger charge is -2.38. The van der Waals surface area contributed by atoms with E-state index in [4.69, 9.17) is 9.84 Å². The quantitative estimate of drug-likeness (QED) is 0.887. The largest absolute Gasteiger partial charge is 0.477 e. The third kappa shape index (κ3) is 4.00. The predicted octanol–water partition coefficient (Wildman–Crippen LogP) is 4.15. The fourth-order valence-corrected chi connectivity index (χ4v) is 3.61. The van der Waals surface area contributed by atoms with Crippen LogP contribution in [0.3, 0.4) is 0 Å². The Morgan fingerprint density at radius 3 is 2.55 bits per heavy atom. The molecule has 1 aromatic heterocycles. The lowest BCUT2D eigenvalue weighted by atomic mass is 9.93. The second-order valence-electron chi connectivity index (χ2n) is 6.84. The SMILES string of the molecule is C[C@H]1CC[C@H](c2ccc(C(=O)O)s2)N(C(=O)OC(C)(C)C)C1. The number of likely N-dealkylation sites (tertiary alicyclic amines) is 1. The third-order valence-corrected chi connectivity index (χ3v) is 4.79. The van der Waals surface area contributed by atoms with Gasteiger partial charge in [-0.3, -0.25) is 0 Å². The highest BCUT2D eigenvalue weighted by Crippen LogP contribution is 2.37. The first-order valence-electron chi connectivity index (χ1n) is 7.50. The summed E-state index contributed by atoms with van der Waals surface area (Å²) in [6.07, 6.45) is 1.53. The van der Waals surface area contributed by atoms with Gasteiger partial charge in [-0.05, 0) is 51.7 Å². The summed E-state index contributed by atoms with van der Waals surface area (Å²) in [6, 6.07) is 3.32. The van der Waals surface area contributed by atoms with Crippen molar-refractivity contribution in [3.05, 3.63) is 21.9 Å². The number of carboxylic acid groups (broad SMARTS) is 1. The van der Waals surface area contributed by atoms with Gasteiger partial charge in [-0.15, -0.1) is 11.3 Å². The van der Waals surface area contributed by atoms with Crippen LogP contribution in [0, 0.1) is 5.92 Å². The highest BCUT2D eigenvalue weighted by atomic mass is 32.1. The van der Waals surface area contributed by atoms with E-state index in [1.54, 1.807) is 11.0 Å². The number of carboxylic acids is 1. The second-order valence-corrected chi connectivity index (χ2v) is 7.95. The number of hydrogen-bond donors (Lipinski definition) is 1. The van der Waals surface area contributed by atoms with E-state index >= 15 is 0 Å². The normalized spacial score (nSPS) is 22.5. The van der Waals surface area contributed by atoms with Crippen LogP contribution in [-0.4, -0.2) is 34.2 Å². The van der Waals surface area contributed by atoms with Crippen molar-refractivity contribution >= 4 is 23.4 Å². The van der Waals surface area contributed by atoms with Crippen LogP contribution in [0.25, 0.3) is 0 Å². The Morgan fingerprint density at radius 1 is 1.32 bits per heavy atom. The molecule has 1 saturated heterocycles. The zero-order chi connectivity index (χ0) is 16.5. The molecule has 1 amide bonds. The Morgan fingerprint density at radius 2 is 2.00 bits per heavy atom. The molecule has 22 heavy (non-hydrogen) atoms. The molecule has 5 nitrogen and oxygen atoms in total. The molecule has 1 aliphatic heterocycles. The first kappa shape index (κ1) is 16.8. The smallest absolute Gasteiger partial charge is 0.410 e. The van der Waals surface area contributed by atoms with E-state index in [1.807, 2.05) is 26.8 Å². The zero-order valence-electron chi connectivity index (χ0n) is 13.5. The number of piperidine rings is 1. The first-order chi connectivity index (χ1) is 10.2. The Kier molecular flexibility index (Phi) is 4.80. The van der Waals surface area contributed by atoms with Gasteiger partial charge in [0.15, 0.2) is 0 Å². The van der Waals surface area contributed by atoms with Gasteiger partial charge in [0.2, 0.25) is 0 Å². The average Bonchev–Trinajstić information content (AvgIpc) is 2.86. The maximum atomic E-state index is 12.5. The number of rotatable bonds is 2. The van der Waals surface area contributed by atoms with E-state index in [9.17, 15) is 9.59 Å². The summed E-state index contributed by atoms with van der Waals surface area (Å²) >= 11 is 1.24. The fraction of sp³-hybridized carbons (Fsp3) is 0.625.